The van der Waals surface area contributed by atoms with Crippen LogP contribution in [0.15, 0.2) is 41.0 Å². The van der Waals surface area contributed by atoms with Gasteiger partial charge in [-0.2, -0.15) is 0 Å². The zero-order chi connectivity index (χ0) is 15.4. The van der Waals surface area contributed by atoms with Crippen molar-refractivity contribution in [3.63, 3.8) is 0 Å². The third-order valence-corrected chi connectivity index (χ3v) is 3.64. The highest BCUT2D eigenvalue weighted by molar-refractivity contribution is 9.10. The van der Waals surface area contributed by atoms with Gasteiger partial charge in [0, 0.05) is 30.8 Å². The topological polar surface area (TPSA) is 25.2 Å². The van der Waals surface area contributed by atoms with E-state index in [1.807, 2.05) is 22.9 Å². The first-order chi connectivity index (χ1) is 10.0. The average molecular weight is 353 g/mol. The Balaban J connectivity index is 2.15. The molecule has 2 aromatic rings. The Morgan fingerprint density at radius 2 is 2.14 bits per heavy atom. The number of rotatable bonds is 5. The number of aryl methyl sites for hydroxylation is 1. The van der Waals surface area contributed by atoms with Gasteiger partial charge in [-0.1, -0.05) is 19.1 Å². The first-order valence-electron chi connectivity index (χ1n) is 6.87. The minimum Gasteiger partial charge on any atom is -0.342 e. The summed E-state index contributed by atoms with van der Waals surface area (Å²) in [4.78, 5) is 14.1. The highest BCUT2D eigenvalue weighted by Crippen LogP contribution is 2.18. The lowest BCUT2D eigenvalue weighted by Gasteiger charge is -2.18. The van der Waals surface area contributed by atoms with Crippen molar-refractivity contribution in [2.24, 2.45) is 0 Å². The summed E-state index contributed by atoms with van der Waals surface area (Å²) in [6.45, 7) is 3.24. The highest BCUT2D eigenvalue weighted by Gasteiger charge is 2.17. The molecule has 3 nitrogen and oxygen atoms in total. The van der Waals surface area contributed by atoms with E-state index in [1.54, 1.807) is 18.0 Å². The van der Waals surface area contributed by atoms with E-state index in [0.717, 1.165) is 23.0 Å². The maximum atomic E-state index is 13.2. The van der Waals surface area contributed by atoms with E-state index in [2.05, 4.69) is 22.9 Å². The second-order valence-corrected chi connectivity index (χ2v) is 5.94. The molecule has 0 spiro atoms. The van der Waals surface area contributed by atoms with Gasteiger partial charge in [-0.05, 0) is 46.1 Å². The molecule has 1 aromatic carbocycles. The fourth-order valence-electron chi connectivity index (χ4n) is 2.26. The van der Waals surface area contributed by atoms with Gasteiger partial charge >= 0.3 is 0 Å². The molecule has 0 saturated carbocycles. The first kappa shape index (κ1) is 15.8. The summed E-state index contributed by atoms with van der Waals surface area (Å²) in [5, 5.41) is 0. The lowest BCUT2D eigenvalue weighted by Crippen LogP contribution is -2.28. The third kappa shape index (κ3) is 3.94. The molecule has 0 aliphatic rings. The van der Waals surface area contributed by atoms with Gasteiger partial charge in [0.2, 0.25) is 0 Å². The van der Waals surface area contributed by atoms with Crippen LogP contribution in [0.1, 0.15) is 29.4 Å². The summed E-state index contributed by atoms with van der Waals surface area (Å²) in [5.41, 5.74) is 1.42. The van der Waals surface area contributed by atoms with Crippen molar-refractivity contribution in [2.45, 2.75) is 26.4 Å². The van der Waals surface area contributed by atoms with Crippen LogP contribution in [-0.4, -0.2) is 22.4 Å². The van der Waals surface area contributed by atoms with Crippen LogP contribution in [-0.2, 0) is 13.1 Å². The van der Waals surface area contributed by atoms with Gasteiger partial charge in [0.25, 0.3) is 5.91 Å². The summed E-state index contributed by atoms with van der Waals surface area (Å²) in [6, 6.07) is 8.13. The molecule has 0 bridgehead atoms. The van der Waals surface area contributed by atoms with E-state index < -0.39 is 0 Å². The molecule has 1 aromatic heterocycles. The second kappa shape index (κ2) is 6.89. The maximum absolute atomic E-state index is 13.2. The number of hydrogen-bond acceptors (Lipinski definition) is 1. The minimum atomic E-state index is -0.287. The molecule has 0 atom stereocenters. The van der Waals surface area contributed by atoms with Crippen molar-refractivity contribution in [1.82, 2.24) is 9.47 Å². The summed E-state index contributed by atoms with van der Waals surface area (Å²) in [6.07, 6.45) is 2.86. The Morgan fingerprint density at radius 1 is 1.38 bits per heavy atom. The molecule has 0 fully saturated rings. The minimum absolute atomic E-state index is 0.0709. The summed E-state index contributed by atoms with van der Waals surface area (Å²) in [7, 11) is 1.73. The summed E-state index contributed by atoms with van der Waals surface area (Å²) < 4.78 is 16.0. The van der Waals surface area contributed by atoms with Crippen LogP contribution in [0.2, 0.25) is 0 Å². The number of carbonyl (C=O) groups excluding carboxylic acids is 1. The maximum Gasteiger partial charge on any atom is 0.270 e. The molecule has 0 radical (unpaired) electrons. The lowest BCUT2D eigenvalue weighted by molar-refractivity contribution is 0.0774. The average Bonchev–Trinajstić information content (AvgIpc) is 2.79. The molecule has 0 unspecified atom stereocenters. The van der Waals surface area contributed by atoms with Gasteiger partial charge in [-0.25, -0.2) is 4.39 Å². The predicted octanol–water partition coefficient (Wildman–Crippen LogP) is 4.07. The van der Waals surface area contributed by atoms with Crippen LogP contribution in [0.25, 0.3) is 0 Å². The molecular weight excluding hydrogens is 335 g/mol. The lowest BCUT2D eigenvalue weighted by atomic mass is 10.2. The van der Waals surface area contributed by atoms with Crippen LogP contribution in [0.4, 0.5) is 4.39 Å². The van der Waals surface area contributed by atoms with Crippen LogP contribution in [0.3, 0.4) is 0 Å². The van der Waals surface area contributed by atoms with Gasteiger partial charge in [-0.3, -0.25) is 4.79 Å². The molecule has 2 rings (SSSR count). The fourth-order valence-corrected chi connectivity index (χ4v) is 2.72. The molecule has 0 aliphatic carbocycles. The summed E-state index contributed by atoms with van der Waals surface area (Å²) >= 11 is 3.41. The van der Waals surface area contributed by atoms with Gasteiger partial charge < -0.3 is 9.47 Å². The van der Waals surface area contributed by atoms with Crippen molar-refractivity contribution in [3.05, 3.63) is 58.1 Å². The molecule has 5 heteroatoms. The first-order valence-corrected chi connectivity index (χ1v) is 7.66. The van der Waals surface area contributed by atoms with E-state index in [-0.39, 0.29) is 11.7 Å². The van der Waals surface area contributed by atoms with Crippen LogP contribution < -0.4 is 0 Å². The van der Waals surface area contributed by atoms with Crippen molar-refractivity contribution >= 4 is 21.8 Å². The zero-order valence-electron chi connectivity index (χ0n) is 12.1. The largest absolute Gasteiger partial charge is 0.342 e. The van der Waals surface area contributed by atoms with Gasteiger partial charge in [-0.15, -0.1) is 0 Å². The number of hydrogen-bond donors (Lipinski definition) is 0. The molecule has 112 valence electrons. The van der Waals surface area contributed by atoms with Crippen molar-refractivity contribution in [1.29, 1.82) is 0 Å². The Labute approximate surface area is 132 Å². The molecule has 1 heterocycles. The Bertz CT molecular complexity index is 639. The number of amides is 1. The van der Waals surface area contributed by atoms with E-state index in [4.69, 9.17) is 0 Å². The monoisotopic (exact) mass is 352 g/mol. The molecule has 21 heavy (non-hydrogen) atoms. The summed E-state index contributed by atoms with van der Waals surface area (Å²) in [5.74, 6) is -0.358. The molecule has 0 aliphatic heterocycles. The van der Waals surface area contributed by atoms with Gasteiger partial charge in [0.1, 0.15) is 11.5 Å². The molecular formula is C16H18BrFN2O. The number of carbonyl (C=O) groups is 1. The molecule has 0 saturated heterocycles. The number of aromatic nitrogens is 1. The van der Waals surface area contributed by atoms with Crippen LogP contribution in [0, 0.1) is 5.82 Å². The number of halogens is 2. The second-order valence-electron chi connectivity index (χ2n) is 5.03. The fraction of sp³-hybridized carbons (Fsp3) is 0.312. The van der Waals surface area contributed by atoms with E-state index >= 15 is 0 Å². The third-order valence-electron chi connectivity index (χ3n) is 3.20. The van der Waals surface area contributed by atoms with Crippen molar-refractivity contribution < 1.29 is 9.18 Å². The Morgan fingerprint density at radius 3 is 2.81 bits per heavy atom. The number of nitrogens with zero attached hydrogens (tertiary/aromatic N) is 2. The molecule has 0 N–H and O–H groups in total. The van der Waals surface area contributed by atoms with Gasteiger partial charge in [0.15, 0.2) is 0 Å². The van der Waals surface area contributed by atoms with Gasteiger partial charge in [0.05, 0.1) is 0 Å². The van der Waals surface area contributed by atoms with E-state index in [0.29, 0.717) is 12.2 Å². The Kier molecular flexibility index (Phi) is 5.17. The standard InChI is InChI=1S/C16H18BrFN2O/c1-3-7-20-11-13(17)9-15(20)16(21)19(2)10-12-5-4-6-14(18)8-12/h4-6,8-9,11H,3,7,10H2,1-2H3. The molecule has 1 amide bonds. The normalized spacial score (nSPS) is 10.7. The predicted molar refractivity (Wildman–Crippen MR) is 84.6 cm³/mol. The van der Waals surface area contributed by atoms with Crippen LogP contribution >= 0.6 is 15.9 Å². The quantitative estimate of drug-likeness (QED) is 0.796. The van der Waals surface area contributed by atoms with E-state index in [1.165, 1.54) is 12.1 Å². The smallest absolute Gasteiger partial charge is 0.270 e. The van der Waals surface area contributed by atoms with Crippen LogP contribution in [0.5, 0.6) is 0 Å². The van der Waals surface area contributed by atoms with Crippen molar-refractivity contribution in [3.8, 4) is 0 Å². The Hall–Kier alpha value is -1.62. The zero-order valence-corrected chi connectivity index (χ0v) is 13.7. The highest BCUT2D eigenvalue weighted by atomic mass is 79.9. The number of benzene rings is 1. The SMILES string of the molecule is CCCn1cc(Br)cc1C(=O)N(C)Cc1cccc(F)c1. The van der Waals surface area contributed by atoms with Crippen molar-refractivity contribution in [2.75, 3.05) is 7.05 Å². The van der Waals surface area contributed by atoms with E-state index in [9.17, 15) is 9.18 Å².